The molecule has 2 rings (SSSR count). The molecule has 7 heteroatoms. The van der Waals surface area contributed by atoms with Crippen molar-refractivity contribution in [2.24, 2.45) is 0 Å². The van der Waals surface area contributed by atoms with E-state index in [1.165, 1.54) is 0 Å². The highest BCUT2D eigenvalue weighted by Crippen LogP contribution is 2.27. The van der Waals surface area contributed by atoms with Gasteiger partial charge in [0.05, 0.1) is 18.7 Å². The quantitative estimate of drug-likeness (QED) is 0.813. The minimum atomic E-state index is -0.137. The summed E-state index contributed by atoms with van der Waals surface area (Å²) in [6.45, 7) is 6.48. The van der Waals surface area contributed by atoms with Crippen LogP contribution in [0.5, 0.6) is 5.75 Å². The van der Waals surface area contributed by atoms with Gasteiger partial charge in [0, 0.05) is 17.3 Å². The smallest absolute Gasteiger partial charge is 0.243 e. The lowest BCUT2D eigenvalue weighted by Crippen LogP contribution is -2.61. The van der Waals surface area contributed by atoms with Crippen molar-refractivity contribution in [1.82, 2.24) is 10.2 Å². The number of carbonyl (C=O) groups is 1. The van der Waals surface area contributed by atoms with Crippen molar-refractivity contribution in [3.05, 3.63) is 23.2 Å². The SMILES string of the molecule is COc1ccc(NC(=O)CN2C(=S)NC(C)(C)C[C@H]2C)cc1Cl. The number of nitrogens with zero attached hydrogens (tertiary/aromatic N) is 1. The van der Waals surface area contributed by atoms with E-state index in [1.807, 2.05) is 4.90 Å². The second kappa shape index (κ2) is 6.93. The minimum Gasteiger partial charge on any atom is -0.495 e. The van der Waals surface area contributed by atoms with Gasteiger partial charge in [0.1, 0.15) is 5.75 Å². The summed E-state index contributed by atoms with van der Waals surface area (Å²) in [5.41, 5.74) is 0.581. The Morgan fingerprint density at radius 1 is 1.57 bits per heavy atom. The zero-order valence-electron chi connectivity index (χ0n) is 13.8. The summed E-state index contributed by atoms with van der Waals surface area (Å²) >= 11 is 11.5. The average molecular weight is 356 g/mol. The Morgan fingerprint density at radius 2 is 2.26 bits per heavy atom. The van der Waals surface area contributed by atoms with Gasteiger partial charge in [0.2, 0.25) is 5.91 Å². The van der Waals surface area contributed by atoms with Gasteiger partial charge >= 0.3 is 0 Å². The second-order valence-corrected chi connectivity index (χ2v) is 7.19. The summed E-state index contributed by atoms with van der Waals surface area (Å²) in [5.74, 6) is 0.434. The molecule has 1 atom stereocenters. The molecule has 126 valence electrons. The van der Waals surface area contributed by atoms with Gasteiger partial charge in [-0.1, -0.05) is 11.6 Å². The maximum absolute atomic E-state index is 12.3. The van der Waals surface area contributed by atoms with E-state index in [9.17, 15) is 4.79 Å². The maximum Gasteiger partial charge on any atom is 0.243 e. The van der Waals surface area contributed by atoms with Gasteiger partial charge in [0.25, 0.3) is 0 Å². The van der Waals surface area contributed by atoms with Gasteiger partial charge in [-0.25, -0.2) is 0 Å². The molecule has 5 nitrogen and oxygen atoms in total. The maximum atomic E-state index is 12.3. The average Bonchev–Trinajstić information content (AvgIpc) is 2.42. The van der Waals surface area contributed by atoms with Crippen LogP contribution in [0.2, 0.25) is 5.02 Å². The first-order valence-corrected chi connectivity index (χ1v) is 8.22. The summed E-state index contributed by atoms with van der Waals surface area (Å²) in [6.07, 6.45) is 0.911. The molecule has 0 aliphatic carbocycles. The number of rotatable bonds is 4. The van der Waals surface area contributed by atoms with E-state index in [4.69, 9.17) is 28.6 Å². The molecule has 0 radical (unpaired) electrons. The van der Waals surface area contributed by atoms with Crippen LogP contribution >= 0.6 is 23.8 Å². The molecule has 1 aromatic carbocycles. The van der Waals surface area contributed by atoms with E-state index in [1.54, 1.807) is 25.3 Å². The fourth-order valence-corrected chi connectivity index (χ4v) is 3.57. The Bertz CT molecular complexity index is 621. The van der Waals surface area contributed by atoms with Crippen molar-refractivity contribution >= 4 is 40.5 Å². The zero-order valence-corrected chi connectivity index (χ0v) is 15.3. The predicted molar refractivity (Wildman–Crippen MR) is 97.2 cm³/mol. The Kier molecular flexibility index (Phi) is 5.37. The number of ether oxygens (including phenoxy) is 1. The fourth-order valence-electron chi connectivity index (χ4n) is 2.79. The summed E-state index contributed by atoms with van der Waals surface area (Å²) in [5, 5.41) is 7.17. The van der Waals surface area contributed by atoms with Crippen molar-refractivity contribution in [2.45, 2.75) is 38.8 Å². The monoisotopic (exact) mass is 355 g/mol. The number of thiocarbonyl (C=S) groups is 1. The third-order valence-corrected chi connectivity index (χ3v) is 4.43. The first-order valence-electron chi connectivity index (χ1n) is 7.44. The van der Waals surface area contributed by atoms with E-state index in [2.05, 4.69) is 31.4 Å². The van der Waals surface area contributed by atoms with Crippen molar-refractivity contribution in [2.75, 3.05) is 19.0 Å². The van der Waals surface area contributed by atoms with Crippen LogP contribution in [0.15, 0.2) is 18.2 Å². The second-order valence-electron chi connectivity index (χ2n) is 6.39. The highest BCUT2D eigenvalue weighted by atomic mass is 35.5. The van der Waals surface area contributed by atoms with E-state index < -0.39 is 0 Å². The lowest BCUT2D eigenvalue weighted by molar-refractivity contribution is -0.117. The number of hydrogen-bond acceptors (Lipinski definition) is 3. The zero-order chi connectivity index (χ0) is 17.2. The molecular weight excluding hydrogens is 334 g/mol. The lowest BCUT2D eigenvalue weighted by Gasteiger charge is -2.44. The summed E-state index contributed by atoms with van der Waals surface area (Å²) < 4.78 is 5.10. The predicted octanol–water partition coefficient (Wildman–Crippen LogP) is 3.03. The number of nitrogens with one attached hydrogen (secondary N) is 2. The Morgan fingerprint density at radius 3 is 2.83 bits per heavy atom. The van der Waals surface area contributed by atoms with Crippen LogP contribution < -0.4 is 15.4 Å². The van der Waals surface area contributed by atoms with E-state index in [-0.39, 0.29) is 24.0 Å². The lowest BCUT2D eigenvalue weighted by atomic mass is 9.93. The molecule has 1 amide bonds. The Hall–Kier alpha value is -1.53. The van der Waals surface area contributed by atoms with Gasteiger partial charge in [-0.2, -0.15) is 0 Å². The Labute approximate surface area is 147 Å². The van der Waals surface area contributed by atoms with E-state index >= 15 is 0 Å². The summed E-state index contributed by atoms with van der Waals surface area (Å²) in [4.78, 5) is 14.2. The third kappa shape index (κ3) is 4.48. The minimum absolute atomic E-state index is 0.0486. The van der Waals surface area contributed by atoms with Crippen LogP contribution in [0.1, 0.15) is 27.2 Å². The van der Waals surface area contributed by atoms with Crippen LogP contribution in [0.4, 0.5) is 5.69 Å². The highest BCUT2D eigenvalue weighted by Gasteiger charge is 2.33. The topological polar surface area (TPSA) is 53.6 Å². The van der Waals surface area contributed by atoms with Crippen LogP contribution in [-0.4, -0.2) is 41.2 Å². The molecule has 1 heterocycles. The van der Waals surface area contributed by atoms with Crippen molar-refractivity contribution in [3.63, 3.8) is 0 Å². The first-order chi connectivity index (χ1) is 10.7. The molecule has 1 aliphatic rings. The molecule has 1 fully saturated rings. The molecule has 1 aromatic rings. The molecule has 2 N–H and O–H groups in total. The van der Waals surface area contributed by atoms with Crippen LogP contribution in [-0.2, 0) is 4.79 Å². The number of amides is 1. The summed E-state index contributed by atoms with van der Waals surface area (Å²) in [6, 6.07) is 5.33. The molecule has 1 saturated heterocycles. The number of hydrogen-bond donors (Lipinski definition) is 2. The van der Waals surface area contributed by atoms with Crippen molar-refractivity contribution in [3.8, 4) is 5.75 Å². The number of methoxy groups -OCH3 is 1. The number of halogens is 1. The fraction of sp³-hybridized carbons (Fsp3) is 0.500. The molecule has 23 heavy (non-hydrogen) atoms. The molecule has 0 spiro atoms. The largest absolute Gasteiger partial charge is 0.495 e. The third-order valence-electron chi connectivity index (χ3n) is 3.79. The van der Waals surface area contributed by atoms with E-state index in [0.29, 0.717) is 21.6 Å². The van der Waals surface area contributed by atoms with Crippen LogP contribution in [0.3, 0.4) is 0 Å². The summed E-state index contributed by atoms with van der Waals surface area (Å²) in [7, 11) is 1.55. The number of benzene rings is 1. The molecule has 0 bridgehead atoms. The van der Waals surface area contributed by atoms with Crippen molar-refractivity contribution in [1.29, 1.82) is 0 Å². The molecule has 0 aromatic heterocycles. The molecule has 0 saturated carbocycles. The van der Waals surface area contributed by atoms with Gasteiger partial charge in [-0.15, -0.1) is 0 Å². The van der Waals surface area contributed by atoms with Crippen LogP contribution in [0.25, 0.3) is 0 Å². The first kappa shape index (κ1) is 17.8. The highest BCUT2D eigenvalue weighted by molar-refractivity contribution is 7.80. The van der Waals surface area contributed by atoms with Gasteiger partial charge in [0.15, 0.2) is 5.11 Å². The number of carbonyl (C=O) groups excluding carboxylic acids is 1. The number of anilines is 1. The normalized spacial score (nSPS) is 20.0. The Balaban J connectivity index is 1.99. The molecule has 0 unspecified atom stereocenters. The molecular formula is C16H22ClN3O2S. The van der Waals surface area contributed by atoms with Gasteiger partial charge < -0.3 is 20.3 Å². The van der Waals surface area contributed by atoms with Gasteiger partial charge in [-0.3, -0.25) is 4.79 Å². The molecule has 1 aliphatic heterocycles. The standard InChI is InChI=1S/C16H22ClN3O2S/c1-10-8-16(2,3)19-15(23)20(10)9-14(21)18-11-5-6-13(22-4)12(17)7-11/h5-7,10H,8-9H2,1-4H3,(H,18,21)(H,19,23)/t10-/m1/s1. The van der Waals surface area contributed by atoms with Gasteiger partial charge in [-0.05, 0) is 57.6 Å². The van der Waals surface area contributed by atoms with Crippen LogP contribution in [0, 0.1) is 0 Å². The van der Waals surface area contributed by atoms with E-state index in [0.717, 1.165) is 6.42 Å². The van der Waals surface area contributed by atoms with Crippen molar-refractivity contribution < 1.29 is 9.53 Å².